The molecule has 1 N–H and O–H groups in total. The number of nitrogens with one attached hydrogen (secondary N) is 1. The Morgan fingerprint density at radius 2 is 1.96 bits per heavy atom. The monoisotopic (exact) mass is 338 g/mol. The van der Waals surface area contributed by atoms with Gasteiger partial charge in [0.2, 0.25) is 17.5 Å². The molecule has 0 unspecified atom stereocenters. The molecule has 1 amide bonds. The molecule has 1 aliphatic carbocycles. The molecule has 0 radical (unpaired) electrons. The van der Waals surface area contributed by atoms with Gasteiger partial charge < -0.3 is 9.73 Å². The Kier molecular flexibility index (Phi) is 3.77. The van der Waals surface area contributed by atoms with Crippen LogP contribution in [0.3, 0.4) is 0 Å². The van der Waals surface area contributed by atoms with Crippen molar-refractivity contribution in [2.45, 2.75) is 19.4 Å². The number of amides is 1. The standard InChI is InChI=1S/C19H18N2O4/c1-20-15(22)7-9-21-8-6-13-14(10-21)25-19-12-5-3-2-4-11(12)17(23)18(24)16(13)19/h2-5H,6-10H2,1H3,(H,20,22). The van der Waals surface area contributed by atoms with Gasteiger partial charge in [-0.25, -0.2) is 0 Å². The quantitative estimate of drug-likeness (QED) is 0.864. The van der Waals surface area contributed by atoms with Crippen LogP contribution in [0.5, 0.6) is 0 Å². The number of hydrogen-bond acceptors (Lipinski definition) is 5. The zero-order valence-electron chi connectivity index (χ0n) is 13.9. The number of hydrogen-bond donors (Lipinski definition) is 1. The second-order valence-electron chi connectivity index (χ2n) is 6.36. The van der Waals surface area contributed by atoms with Gasteiger partial charge in [0, 0.05) is 43.2 Å². The Labute approximate surface area is 144 Å². The Balaban J connectivity index is 1.68. The predicted octanol–water partition coefficient (Wildman–Crippen LogP) is 1.82. The van der Waals surface area contributed by atoms with Gasteiger partial charge >= 0.3 is 0 Å². The minimum atomic E-state index is -0.475. The van der Waals surface area contributed by atoms with Crippen LogP contribution >= 0.6 is 0 Å². The average Bonchev–Trinajstić information content (AvgIpc) is 3.03. The van der Waals surface area contributed by atoms with E-state index in [1.807, 2.05) is 12.1 Å². The van der Waals surface area contributed by atoms with E-state index in [2.05, 4.69) is 10.2 Å². The van der Waals surface area contributed by atoms with E-state index in [0.717, 1.165) is 17.9 Å². The lowest BCUT2D eigenvalue weighted by molar-refractivity contribution is -0.121. The highest BCUT2D eigenvalue weighted by molar-refractivity contribution is 6.53. The molecule has 6 nitrogen and oxygen atoms in total. The van der Waals surface area contributed by atoms with E-state index in [1.165, 1.54) is 0 Å². The molecule has 0 bridgehead atoms. The van der Waals surface area contributed by atoms with Crippen molar-refractivity contribution in [1.29, 1.82) is 0 Å². The van der Waals surface area contributed by atoms with Crippen molar-refractivity contribution in [3.05, 3.63) is 46.7 Å². The maximum atomic E-state index is 12.6. The lowest BCUT2D eigenvalue weighted by Crippen LogP contribution is -2.34. The van der Waals surface area contributed by atoms with E-state index in [9.17, 15) is 14.4 Å². The van der Waals surface area contributed by atoms with E-state index in [-0.39, 0.29) is 5.91 Å². The van der Waals surface area contributed by atoms with Gasteiger partial charge in [0.05, 0.1) is 12.1 Å². The molecular weight excluding hydrogens is 320 g/mol. The average molecular weight is 338 g/mol. The van der Waals surface area contributed by atoms with Gasteiger partial charge in [-0.3, -0.25) is 19.3 Å². The van der Waals surface area contributed by atoms with Crippen LogP contribution in [0.25, 0.3) is 11.3 Å². The number of furan rings is 1. The first-order chi connectivity index (χ1) is 12.1. The molecule has 1 aromatic carbocycles. The van der Waals surface area contributed by atoms with Crippen LogP contribution in [-0.4, -0.2) is 42.5 Å². The smallest absolute Gasteiger partial charge is 0.237 e. The van der Waals surface area contributed by atoms with Crippen LogP contribution in [0.4, 0.5) is 0 Å². The fourth-order valence-corrected chi connectivity index (χ4v) is 3.58. The lowest BCUT2D eigenvalue weighted by Gasteiger charge is -2.25. The Morgan fingerprint density at radius 1 is 1.20 bits per heavy atom. The van der Waals surface area contributed by atoms with Crippen molar-refractivity contribution in [3.8, 4) is 11.3 Å². The summed E-state index contributed by atoms with van der Waals surface area (Å²) in [5.74, 6) is 0.301. The van der Waals surface area contributed by atoms with Crippen molar-refractivity contribution in [2.24, 2.45) is 0 Å². The molecule has 2 aliphatic rings. The van der Waals surface area contributed by atoms with Gasteiger partial charge in [0.25, 0.3) is 0 Å². The molecule has 6 heteroatoms. The largest absolute Gasteiger partial charge is 0.459 e. The number of benzene rings is 1. The summed E-state index contributed by atoms with van der Waals surface area (Å²) in [4.78, 5) is 38.5. The molecule has 0 spiro atoms. The van der Waals surface area contributed by atoms with Gasteiger partial charge in [0.1, 0.15) is 11.5 Å². The van der Waals surface area contributed by atoms with Crippen LogP contribution in [0.1, 0.15) is 38.5 Å². The summed E-state index contributed by atoms with van der Waals surface area (Å²) in [6.07, 6.45) is 1.07. The fraction of sp³-hybridized carbons (Fsp3) is 0.316. The van der Waals surface area contributed by atoms with Crippen LogP contribution < -0.4 is 5.32 Å². The molecule has 4 rings (SSSR count). The number of nitrogens with zero attached hydrogens (tertiary/aromatic N) is 1. The maximum Gasteiger partial charge on any atom is 0.237 e. The molecule has 128 valence electrons. The van der Waals surface area contributed by atoms with Crippen LogP contribution in [0, 0.1) is 0 Å². The van der Waals surface area contributed by atoms with E-state index < -0.39 is 11.6 Å². The first kappa shape index (κ1) is 15.8. The third-order valence-electron chi connectivity index (χ3n) is 4.92. The van der Waals surface area contributed by atoms with Crippen molar-refractivity contribution >= 4 is 17.5 Å². The van der Waals surface area contributed by atoms with E-state index >= 15 is 0 Å². The normalized spacial score (nSPS) is 16.2. The SMILES string of the molecule is CNC(=O)CCN1CCc2c(oc3c2C(=O)C(=O)c2ccccc2-3)C1. The molecular formula is C19H18N2O4. The summed E-state index contributed by atoms with van der Waals surface area (Å²) in [6, 6.07) is 7.06. The highest BCUT2D eigenvalue weighted by atomic mass is 16.3. The minimum Gasteiger partial charge on any atom is -0.459 e. The summed E-state index contributed by atoms with van der Waals surface area (Å²) in [5.41, 5.74) is 2.37. The topological polar surface area (TPSA) is 79.6 Å². The number of carbonyl (C=O) groups is 3. The third kappa shape index (κ3) is 2.49. The zero-order valence-corrected chi connectivity index (χ0v) is 13.9. The molecule has 25 heavy (non-hydrogen) atoms. The molecule has 2 heterocycles. The number of ketones is 2. The van der Waals surface area contributed by atoms with Gasteiger partial charge in [-0.05, 0) is 6.42 Å². The van der Waals surface area contributed by atoms with Crippen LogP contribution in [-0.2, 0) is 17.8 Å². The number of carbonyl (C=O) groups excluding carboxylic acids is 3. The molecule has 0 fully saturated rings. The predicted molar refractivity (Wildman–Crippen MR) is 90.5 cm³/mol. The summed E-state index contributed by atoms with van der Waals surface area (Å²) in [6.45, 7) is 1.91. The van der Waals surface area contributed by atoms with Gasteiger partial charge in [-0.2, -0.15) is 0 Å². The summed E-state index contributed by atoms with van der Waals surface area (Å²) < 4.78 is 6.02. The van der Waals surface area contributed by atoms with E-state index in [1.54, 1.807) is 19.2 Å². The third-order valence-corrected chi connectivity index (χ3v) is 4.92. The minimum absolute atomic E-state index is 0.000705. The number of rotatable bonds is 3. The zero-order chi connectivity index (χ0) is 17.6. The molecule has 1 aliphatic heterocycles. The first-order valence-corrected chi connectivity index (χ1v) is 8.36. The molecule has 2 aromatic rings. The first-order valence-electron chi connectivity index (χ1n) is 8.36. The number of fused-ring (bicyclic) bond motifs is 5. The summed E-state index contributed by atoms with van der Waals surface area (Å²) in [5, 5.41) is 2.61. The van der Waals surface area contributed by atoms with Gasteiger partial charge in [-0.1, -0.05) is 24.3 Å². The lowest BCUT2D eigenvalue weighted by atomic mass is 9.85. The van der Waals surface area contributed by atoms with E-state index in [0.29, 0.717) is 48.4 Å². The second kappa shape index (κ2) is 5.97. The highest BCUT2D eigenvalue weighted by Crippen LogP contribution is 2.40. The van der Waals surface area contributed by atoms with Crippen LogP contribution in [0.2, 0.25) is 0 Å². The van der Waals surface area contributed by atoms with Crippen molar-refractivity contribution in [3.63, 3.8) is 0 Å². The molecule has 0 atom stereocenters. The van der Waals surface area contributed by atoms with Gasteiger partial charge in [0.15, 0.2) is 0 Å². The number of Topliss-reactive ketones (excluding diaryl/α,β-unsaturated/α-hetero) is 2. The fourth-order valence-electron chi connectivity index (χ4n) is 3.58. The van der Waals surface area contributed by atoms with Crippen LogP contribution in [0.15, 0.2) is 28.7 Å². The Bertz CT molecular complexity index is 897. The highest BCUT2D eigenvalue weighted by Gasteiger charge is 2.38. The summed E-state index contributed by atoms with van der Waals surface area (Å²) in [7, 11) is 1.62. The van der Waals surface area contributed by atoms with E-state index in [4.69, 9.17) is 4.42 Å². The molecule has 0 saturated carbocycles. The van der Waals surface area contributed by atoms with Crippen molar-refractivity contribution in [1.82, 2.24) is 10.2 Å². The molecule has 1 aromatic heterocycles. The second-order valence-corrected chi connectivity index (χ2v) is 6.36. The Hall–Kier alpha value is -2.73. The van der Waals surface area contributed by atoms with Crippen molar-refractivity contribution in [2.75, 3.05) is 20.1 Å². The maximum absolute atomic E-state index is 12.6. The Morgan fingerprint density at radius 3 is 2.72 bits per heavy atom. The van der Waals surface area contributed by atoms with Crippen molar-refractivity contribution < 1.29 is 18.8 Å². The van der Waals surface area contributed by atoms with Gasteiger partial charge in [-0.15, -0.1) is 0 Å². The molecule has 0 saturated heterocycles. The summed E-state index contributed by atoms with van der Waals surface area (Å²) >= 11 is 0.